The van der Waals surface area contributed by atoms with Crippen LogP contribution < -0.4 is 5.32 Å². The minimum atomic E-state index is 0.0846. The molecule has 0 atom stereocenters. The number of nitrogens with one attached hydrogen (secondary N) is 1. The molecule has 2 rings (SSSR count). The molecule has 2 aromatic rings. The van der Waals surface area contributed by atoms with E-state index in [-0.39, 0.29) is 5.91 Å². The Labute approximate surface area is 100 Å². The van der Waals surface area contributed by atoms with Crippen molar-refractivity contribution in [1.29, 1.82) is 0 Å². The maximum absolute atomic E-state index is 11.3. The Morgan fingerprint density at radius 1 is 1.47 bits per heavy atom. The SMILES string of the molecule is CCCC(=O)NCc1ccc2nc(C)oc2c1. The van der Waals surface area contributed by atoms with Gasteiger partial charge in [0.25, 0.3) is 0 Å². The highest BCUT2D eigenvalue weighted by atomic mass is 16.3. The quantitative estimate of drug-likeness (QED) is 0.881. The van der Waals surface area contributed by atoms with Crippen LogP contribution in [0.5, 0.6) is 0 Å². The molecule has 4 heteroatoms. The first-order valence-electron chi connectivity index (χ1n) is 5.82. The number of fused-ring (bicyclic) bond motifs is 1. The number of oxazole rings is 1. The molecule has 4 nitrogen and oxygen atoms in total. The zero-order valence-corrected chi connectivity index (χ0v) is 10.1. The highest BCUT2D eigenvalue weighted by Crippen LogP contribution is 2.16. The molecule has 0 fully saturated rings. The molecule has 90 valence electrons. The number of aryl methyl sites for hydroxylation is 1. The molecule has 0 saturated carbocycles. The van der Waals surface area contributed by atoms with Gasteiger partial charge in [-0.1, -0.05) is 13.0 Å². The van der Waals surface area contributed by atoms with Crippen LogP contribution in [0.15, 0.2) is 22.6 Å². The molecular formula is C13H16N2O2. The van der Waals surface area contributed by atoms with Gasteiger partial charge in [0, 0.05) is 19.9 Å². The molecule has 1 aromatic carbocycles. The van der Waals surface area contributed by atoms with Crippen LogP contribution in [0, 0.1) is 6.92 Å². The molecule has 0 bridgehead atoms. The molecule has 0 aliphatic carbocycles. The summed E-state index contributed by atoms with van der Waals surface area (Å²) in [6, 6.07) is 5.78. The van der Waals surface area contributed by atoms with E-state index in [2.05, 4.69) is 10.3 Å². The second-order valence-electron chi connectivity index (χ2n) is 4.06. The maximum Gasteiger partial charge on any atom is 0.220 e. The fourth-order valence-corrected chi connectivity index (χ4v) is 1.71. The van der Waals surface area contributed by atoms with Crippen molar-refractivity contribution < 1.29 is 9.21 Å². The van der Waals surface area contributed by atoms with Crippen molar-refractivity contribution >= 4 is 17.0 Å². The minimum absolute atomic E-state index is 0.0846. The Hall–Kier alpha value is -1.84. The molecule has 0 aliphatic rings. The van der Waals surface area contributed by atoms with Gasteiger partial charge in [0.1, 0.15) is 5.52 Å². The number of hydrogen-bond donors (Lipinski definition) is 1. The van der Waals surface area contributed by atoms with Crippen molar-refractivity contribution in [3.63, 3.8) is 0 Å². The zero-order chi connectivity index (χ0) is 12.3. The summed E-state index contributed by atoms with van der Waals surface area (Å²) in [4.78, 5) is 15.6. The van der Waals surface area contributed by atoms with Gasteiger partial charge in [-0.05, 0) is 24.1 Å². The van der Waals surface area contributed by atoms with Gasteiger partial charge in [-0.15, -0.1) is 0 Å². The lowest BCUT2D eigenvalue weighted by molar-refractivity contribution is -0.121. The van der Waals surface area contributed by atoms with Crippen molar-refractivity contribution in [2.24, 2.45) is 0 Å². The smallest absolute Gasteiger partial charge is 0.220 e. The number of benzene rings is 1. The van der Waals surface area contributed by atoms with E-state index in [1.807, 2.05) is 32.0 Å². The van der Waals surface area contributed by atoms with Crippen LogP contribution >= 0.6 is 0 Å². The number of amides is 1. The van der Waals surface area contributed by atoms with Crippen molar-refractivity contribution in [3.05, 3.63) is 29.7 Å². The first-order chi connectivity index (χ1) is 8.19. The molecule has 0 spiro atoms. The van der Waals surface area contributed by atoms with Crippen LogP contribution in [-0.2, 0) is 11.3 Å². The monoisotopic (exact) mass is 232 g/mol. The molecule has 1 N–H and O–H groups in total. The summed E-state index contributed by atoms with van der Waals surface area (Å²) in [6.07, 6.45) is 1.44. The van der Waals surface area contributed by atoms with Gasteiger partial charge in [-0.2, -0.15) is 0 Å². The summed E-state index contributed by atoms with van der Waals surface area (Å²) in [5.74, 6) is 0.744. The van der Waals surface area contributed by atoms with Gasteiger partial charge >= 0.3 is 0 Å². The number of carbonyl (C=O) groups is 1. The molecule has 1 heterocycles. The molecule has 0 saturated heterocycles. The average molecular weight is 232 g/mol. The molecule has 1 aromatic heterocycles. The lowest BCUT2D eigenvalue weighted by Crippen LogP contribution is -2.21. The van der Waals surface area contributed by atoms with Crippen molar-refractivity contribution in [2.75, 3.05) is 0 Å². The van der Waals surface area contributed by atoms with Crippen LogP contribution in [0.1, 0.15) is 31.2 Å². The maximum atomic E-state index is 11.3. The second-order valence-corrected chi connectivity index (χ2v) is 4.06. The molecule has 17 heavy (non-hydrogen) atoms. The van der Waals surface area contributed by atoms with Crippen LogP contribution in [0.4, 0.5) is 0 Å². The third-order valence-corrected chi connectivity index (χ3v) is 2.53. The van der Waals surface area contributed by atoms with Crippen LogP contribution in [0.25, 0.3) is 11.1 Å². The van der Waals surface area contributed by atoms with Crippen molar-refractivity contribution in [1.82, 2.24) is 10.3 Å². The summed E-state index contributed by atoms with van der Waals surface area (Å²) >= 11 is 0. The summed E-state index contributed by atoms with van der Waals surface area (Å²) in [6.45, 7) is 4.35. The number of hydrogen-bond acceptors (Lipinski definition) is 3. The van der Waals surface area contributed by atoms with E-state index in [0.717, 1.165) is 23.1 Å². The van der Waals surface area contributed by atoms with Crippen molar-refractivity contribution in [2.45, 2.75) is 33.2 Å². The van der Waals surface area contributed by atoms with E-state index >= 15 is 0 Å². The number of carbonyl (C=O) groups excluding carboxylic acids is 1. The molecule has 0 unspecified atom stereocenters. The highest BCUT2D eigenvalue weighted by Gasteiger charge is 2.04. The highest BCUT2D eigenvalue weighted by molar-refractivity contribution is 5.76. The zero-order valence-electron chi connectivity index (χ0n) is 10.1. The Balaban J connectivity index is 2.06. The molecule has 1 amide bonds. The normalized spacial score (nSPS) is 10.7. The van der Waals surface area contributed by atoms with E-state index in [0.29, 0.717) is 18.9 Å². The molecule has 0 radical (unpaired) electrons. The van der Waals surface area contributed by atoms with Crippen LogP contribution in [0.2, 0.25) is 0 Å². The van der Waals surface area contributed by atoms with E-state index in [9.17, 15) is 4.79 Å². The summed E-state index contributed by atoms with van der Waals surface area (Å²) in [5.41, 5.74) is 2.65. The lowest BCUT2D eigenvalue weighted by atomic mass is 10.2. The Kier molecular flexibility index (Phi) is 3.42. The lowest BCUT2D eigenvalue weighted by Gasteiger charge is -2.03. The standard InChI is InChI=1S/C13H16N2O2/c1-3-4-13(16)14-8-10-5-6-11-12(7-10)17-9(2)15-11/h5-7H,3-4,8H2,1-2H3,(H,14,16). The molecular weight excluding hydrogens is 216 g/mol. The largest absolute Gasteiger partial charge is 0.441 e. The predicted octanol–water partition coefficient (Wildman–Crippen LogP) is 2.55. The van der Waals surface area contributed by atoms with Gasteiger partial charge in [0.2, 0.25) is 5.91 Å². The Bertz CT molecular complexity index is 531. The van der Waals surface area contributed by atoms with E-state index in [4.69, 9.17) is 4.42 Å². The third-order valence-electron chi connectivity index (χ3n) is 2.53. The van der Waals surface area contributed by atoms with Gasteiger partial charge in [0.05, 0.1) is 0 Å². The fourth-order valence-electron chi connectivity index (χ4n) is 1.71. The van der Waals surface area contributed by atoms with Gasteiger partial charge in [-0.3, -0.25) is 4.79 Å². The van der Waals surface area contributed by atoms with E-state index in [1.54, 1.807) is 0 Å². The van der Waals surface area contributed by atoms with Gasteiger partial charge in [-0.25, -0.2) is 4.98 Å². The van der Waals surface area contributed by atoms with Crippen LogP contribution in [0.3, 0.4) is 0 Å². The van der Waals surface area contributed by atoms with E-state index < -0.39 is 0 Å². The average Bonchev–Trinajstić information content (AvgIpc) is 2.66. The first-order valence-corrected chi connectivity index (χ1v) is 5.82. The minimum Gasteiger partial charge on any atom is -0.441 e. The summed E-state index contributed by atoms with van der Waals surface area (Å²) in [5, 5.41) is 2.87. The Morgan fingerprint density at radius 3 is 3.06 bits per heavy atom. The van der Waals surface area contributed by atoms with E-state index in [1.165, 1.54) is 0 Å². The first kappa shape index (κ1) is 11.6. The fraction of sp³-hybridized carbons (Fsp3) is 0.385. The summed E-state index contributed by atoms with van der Waals surface area (Å²) < 4.78 is 5.44. The van der Waals surface area contributed by atoms with Crippen LogP contribution in [-0.4, -0.2) is 10.9 Å². The van der Waals surface area contributed by atoms with Gasteiger partial charge in [0.15, 0.2) is 11.5 Å². The summed E-state index contributed by atoms with van der Waals surface area (Å²) in [7, 11) is 0. The Morgan fingerprint density at radius 2 is 2.29 bits per heavy atom. The topological polar surface area (TPSA) is 55.1 Å². The third kappa shape index (κ3) is 2.84. The molecule has 0 aliphatic heterocycles. The number of nitrogens with zero attached hydrogens (tertiary/aromatic N) is 1. The van der Waals surface area contributed by atoms with Crippen molar-refractivity contribution in [3.8, 4) is 0 Å². The predicted molar refractivity (Wildman–Crippen MR) is 65.5 cm³/mol. The van der Waals surface area contributed by atoms with Gasteiger partial charge < -0.3 is 9.73 Å². The number of aromatic nitrogens is 1. The number of rotatable bonds is 4. The second kappa shape index (κ2) is 4.99.